The fourth-order valence-electron chi connectivity index (χ4n) is 2.56. The van der Waals surface area contributed by atoms with Gasteiger partial charge < -0.3 is 10.1 Å². The van der Waals surface area contributed by atoms with Gasteiger partial charge in [-0.2, -0.15) is 10.4 Å². The van der Waals surface area contributed by atoms with Crippen LogP contribution in [-0.2, 0) is 20.7 Å². The molecule has 0 radical (unpaired) electrons. The van der Waals surface area contributed by atoms with Gasteiger partial charge in [0, 0.05) is 17.4 Å². The monoisotopic (exact) mass is 408 g/mol. The Labute approximate surface area is 172 Å². The van der Waals surface area contributed by atoms with Crippen molar-refractivity contribution >= 4 is 29.2 Å². The Hall–Kier alpha value is -3.63. The lowest BCUT2D eigenvalue weighted by Crippen LogP contribution is -2.30. The van der Waals surface area contributed by atoms with E-state index in [-0.39, 0.29) is 11.4 Å². The number of nitrogens with one attached hydrogen (secondary N) is 1. The zero-order valence-corrected chi connectivity index (χ0v) is 16.3. The second-order valence-corrected chi connectivity index (χ2v) is 6.64. The number of carbonyl (C=O) groups is 2. The topological polar surface area (TPSA) is 97.0 Å². The van der Waals surface area contributed by atoms with Crippen molar-refractivity contribution in [3.05, 3.63) is 77.1 Å². The lowest BCUT2D eigenvalue weighted by molar-refractivity contribution is -0.152. The van der Waals surface area contributed by atoms with Crippen LogP contribution in [0.4, 0.5) is 5.69 Å². The molecule has 8 heteroatoms. The first-order valence-corrected chi connectivity index (χ1v) is 9.13. The number of halogens is 1. The summed E-state index contributed by atoms with van der Waals surface area (Å²) in [5, 5.41) is 15.9. The molecule has 1 atom stereocenters. The average Bonchev–Trinajstić information content (AvgIpc) is 3.17. The van der Waals surface area contributed by atoms with Crippen LogP contribution in [0, 0.1) is 11.3 Å². The highest BCUT2D eigenvalue weighted by atomic mass is 35.5. The number of hydrogen-bond acceptors (Lipinski definition) is 5. The van der Waals surface area contributed by atoms with Gasteiger partial charge in [0.15, 0.2) is 6.10 Å². The van der Waals surface area contributed by atoms with Gasteiger partial charge in [0.25, 0.3) is 5.91 Å². The molecule has 0 saturated heterocycles. The van der Waals surface area contributed by atoms with Crippen molar-refractivity contribution in [2.24, 2.45) is 0 Å². The number of amides is 1. The Morgan fingerprint density at radius 1 is 1.28 bits per heavy atom. The highest BCUT2D eigenvalue weighted by Gasteiger charge is 2.19. The summed E-state index contributed by atoms with van der Waals surface area (Å²) in [5.41, 5.74) is 2.26. The van der Waals surface area contributed by atoms with E-state index < -0.39 is 18.0 Å². The van der Waals surface area contributed by atoms with E-state index in [4.69, 9.17) is 21.6 Å². The van der Waals surface area contributed by atoms with E-state index in [1.165, 1.54) is 19.1 Å². The predicted molar refractivity (Wildman–Crippen MR) is 108 cm³/mol. The number of hydrogen-bond donors (Lipinski definition) is 1. The van der Waals surface area contributed by atoms with E-state index in [1.807, 2.05) is 36.4 Å². The normalized spacial score (nSPS) is 11.3. The highest BCUT2D eigenvalue weighted by Crippen LogP contribution is 2.20. The third kappa shape index (κ3) is 5.21. The van der Waals surface area contributed by atoms with Crippen LogP contribution in [-0.4, -0.2) is 27.8 Å². The number of nitriles is 1. The lowest BCUT2D eigenvalue weighted by atomic mass is 10.2. The minimum Gasteiger partial charge on any atom is -0.452 e. The van der Waals surface area contributed by atoms with E-state index in [0.29, 0.717) is 16.8 Å². The van der Waals surface area contributed by atoms with Crippen molar-refractivity contribution in [2.75, 3.05) is 5.32 Å². The molecule has 3 aromatic rings. The molecule has 0 aliphatic carbocycles. The Bertz CT molecular complexity index is 1070. The number of aromatic nitrogens is 2. The molecule has 0 saturated carbocycles. The number of rotatable bonds is 6. The minimum atomic E-state index is -0.999. The molecule has 1 amide bonds. The highest BCUT2D eigenvalue weighted by molar-refractivity contribution is 6.32. The number of ether oxygens (including phenoxy) is 1. The first-order chi connectivity index (χ1) is 14.0. The molecule has 1 heterocycles. The standard InChI is InChI=1S/C21H17ClN4O3/c1-14(21(28)25-17-8-7-16(11-23)19(22)10-17)29-20(27)9-15-12-24-26(13-15)18-5-3-2-4-6-18/h2-8,10,12-14H,9H2,1H3,(H,25,28). The molecular weight excluding hydrogens is 392 g/mol. The van der Waals surface area contributed by atoms with Crippen molar-refractivity contribution in [2.45, 2.75) is 19.4 Å². The molecule has 0 fully saturated rings. The maximum absolute atomic E-state index is 12.2. The van der Waals surface area contributed by atoms with Crippen LogP contribution < -0.4 is 5.32 Å². The van der Waals surface area contributed by atoms with Gasteiger partial charge in [0.1, 0.15) is 6.07 Å². The summed E-state index contributed by atoms with van der Waals surface area (Å²) in [7, 11) is 0. The van der Waals surface area contributed by atoms with Crippen LogP contribution in [0.2, 0.25) is 5.02 Å². The maximum Gasteiger partial charge on any atom is 0.311 e. The largest absolute Gasteiger partial charge is 0.452 e. The fourth-order valence-corrected chi connectivity index (χ4v) is 2.78. The Balaban J connectivity index is 1.55. The van der Waals surface area contributed by atoms with E-state index >= 15 is 0 Å². The number of nitrogens with zero attached hydrogens (tertiary/aromatic N) is 3. The fraction of sp³-hybridized carbons (Fsp3) is 0.143. The summed E-state index contributed by atoms with van der Waals surface area (Å²) in [5.74, 6) is -1.04. The summed E-state index contributed by atoms with van der Waals surface area (Å²) in [6, 6.07) is 15.9. The van der Waals surface area contributed by atoms with Gasteiger partial charge in [-0.15, -0.1) is 0 Å². The Morgan fingerprint density at radius 2 is 2.03 bits per heavy atom. The van der Waals surface area contributed by atoms with Crippen molar-refractivity contribution in [3.63, 3.8) is 0 Å². The van der Waals surface area contributed by atoms with Crippen LogP contribution >= 0.6 is 11.6 Å². The quantitative estimate of drug-likeness (QED) is 0.629. The molecule has 0 spiro atoms. The van der Waals surface area contributed by atoms with Gasteiger partial charge in [-0.05, 0) is 37.3 Å². The van der Waals surface area contributed by atoms with Crippen LogP contribution in [0.1, 0.15) is 18.1 Å². The maximum atomic E-state index is 12.2. The van der Waals surface area contributed by atoms with Gasteiger partial charge in [0.05, 0.1) is 28.9 Å². The van der Waals surface area contributed by atoms with E-state index in [2.05, 4.69) is 10.4 Å². The molecular formula is C21H17ClN4O3. The summed E-state index contributed by atoms with van der Waals surface area (Å²) < 4.78 is 6.87. The molecule has 29 heavy (non-hydrogen) atoms. The van der Waals surface area contributed by atoms with Crippen LogP contribution in [0.15, 0.2) is 60.9 Å². The SMILES string of the molecule is CC(OC(=O)Cc1cnn(-c2ccccc2)c1)C(=O)Nc1ccc(C#N)c(Cl)c1. The zero-order chi connectivity index (χ0) is 20.8. The molecule has 146 valence electrons. The molecule has 1 unspecified atom stereocenters. The van der Waals surface area contributed by atoms with Crippen molar-refractivity contribution in [1.82, 2.24) is 9.78 Å². The first kappa shape index (κ1) is 20.1. The van der Waals surface area contributed by atoms with Gasteiger partial charge in [-0.25, -0.2) is 4.68 Å². The predicted octanol–water partition coefficient (Wildman–Crippen LogP) is 3.51. The second kappa shape index (κ2) is 9.04. The summed E-state index contributed by atoms with van der Waals surface area (Å²) in [4.78, 5) is 24.4. The minimum absolute atomic E-state index is 0.00680. The summed E-state index contributed by atoms with van der Waals surface area (Å²) in [6.45, 7) is 1.48. The van der Waals surface area contributed by atoms with Crippen LogP contribution in [0.3, 0.4) is 0 Å². The van der Waals surface area contributed by atoms with Gasteiger partial charge in [-0.1, -0.05) is 29.8 Å². The van der Waals surface area contributed by atoms with Gasteiger partial charge in [-0.3, -0.25) is 9.59 Å². The molecule has 0 bridgehead atoms. The molecule has 0 aliphatic heterocycles. The van der Waals surface area contributed by atoms with Crippen LogP contribution in [0.25, 0.3) is 5.69 Å². The molecule has 1 aromatic heterocycles. The number of benzene rings is 2. The summed E-state index contributed by atoms with van der Waals surface area (Å²) in [6.07, 6.45) is 2.31. The average molecular weight is 409 g/mol. The number of esters is 1. The van der Waals surface area contributed by atoms with Crippen LogP contribution in [0.5, 0.6) is 0 Å². The van der Waals surface area contributed by atoms with E-state index in [9.17, 15) is 9.59 Å². The number of carbonyl (C=O) groups excluding carboxylic acids is 2. The molecule has 7 nitrogen and oxygen atoms in total. The summed E-state index contributed by atoms with van der Waals surface area (Å²) >= 11 is 5.95. The van der Waals surface area contributed by atoms with Crippen molar-refractivity contribution in [3.8, 4) is 11.8 Å². The molecule has 3 rings (SSSR count). The second-order valence-electron chi connectivity index (χ2n) is 6.23. The van der Waals surface area contributed by atoms with Crippen molar-refractivity contribution in [1.29, 1.82) is 5.26 Å². The molecule has 2 aromatic carbocycles. The van der Waals surface area contributed by atoms with E-state index in [0.717, 1.165) is 5.69 Å². The van der Waals surface area contributed by atoms with E-state index in [1.54, 1.807) is 23.1 Å². The number of anilines is 1. The third-order valence-electron chi connectivity index (χ3n) is 4.04. The Kier molecular flexibility index (Phi) is 6.27. The molecule has 1 N–H and O–H groups in total. The molecule has 0 aliphatic rings. The number of para-hydroxylation sites is 1. The zero-order valence-electron chi connectivity index (χ0n) is 15.5. The smallest absolute Gasteiger partial charge is 0.311 e. The first-order valence-electron chi connectivity index (χ1n) is 8.75. The lowest BCUT2D eigenvalue weighted by Gasteiger charge is -2.13. The third-order valence-corrected chi connectivity index (χ3v) is 4.35. The van der Waals surface area contributed by atoms with Gasteiger partial charge >= 0.3 is 5.97 Å². The Morgan fingerprint density at radius 3 is 2.72 bits per heavy atom. The van der Waals surface area contributed by atoms with Gasteiger partial charge in [0.2, 0.25) is 0 Å². The van der Waals surface area contributed by atoms with Crippen molar-refractivity contribution < 1.29 is 14.3 Å².